The average molecular weight is 347 g/mol. The van der Waals surface area contributed by atoms with Gasteiger partial charge in [0.15, 0.2) is 0 Å². The van der Waals surface area contributed by atoms with Gasteiger partial charge < -0.3 is 15.1 Å². The number of rotatable bonds is 6. The third-order valence-corrected chi connectivity index (χ3v) is 4.13. The van der Waals surface area contributed by atoms with Crippen LogP contribution in [0.25, 0.3) is 0 Å². The summed E-state index contributed by atoms with van der Waals surface area (Å²) >= 11 is 0. The molecule has 26 heavy (non-hydrogen) atoms. The second-order valence-corrected chi connectivity index (χ2v) is 6.60. The van der Waals surface area contributed by atoms with Gasteiger partial charge in [-0.3, -0.25) is 0 Å². The van der Waals surface area contributed by atoms with Crippen LogP contribution in [0, 0.1) is 6.92 Å². The number of hydrogen-bond acceptors (Lipinski definition) is 5. The van der Waals surface area contributed by atoms with E-state index in [-0.39, 0.29) is 0 Å². The maximum Gasteiger partial charge on any atom is 0.229 e. The van der Waals surface area contributed by atoms with Crippen LogP contribution in [0.1, 0.15) is 11.3 Å². The van der Waals surface area contributed by atoms with E-state index in [9.17, 15) is 0 Å². The monoisotopic (exact) mass is 347 g/mol. The molecular formula is C21H25N5. The molecule has 0 amide bonds. The third-order valence-electron chi connectivity index (χ3n) is 4.13. The van der Waals surface area contributed by atoms with Crippen molar-refractivity contribution >= 4 is 23.1 Å². The molecule has 0 radical (unpaired) electrons. The summed E-state index contributed by atoms with van der Waals surface area (Å²) < 4.78 is 0. The lowest BCUT2D eigenvalue weighted by Crippen LogP contribution is -2.18. The molecule has 3 rings (SSSR count). The van der Waals surface area contributed by atoms with Crippen molar-refractivity contribution in [1.82, 2.24) is 9.97 Å². The Morgan fingerprint density at radius 2 is 1.58 bits per heavy atom. The van der Waals surface area contributed by atoms with Crippen molar-refractivity contribution in [3.8, 4) is 0 Å². The van der Waals surface area contributed by atoms with Crippen molar-refractivity contribution in [1.29, 1.82) is 0 Å². The number of nitrogens with one attached hydrogen (secondary N) is 1. The zero-order chi connectivity index (χ0) is 18.5. The topological polar surface area (TPSA) is 44.3 Å². The molecule has 3 aromatic rings. The molecule has 0 spiro atoms. The first-order valence-electron chi connectivity index (χ1n) is 8.66. The summed E-state index contributed by atoms with van der Waals surface area (Å²) in [5, 5.41) is 3.30. The number of aromatic nitrogens is 2. The standard InChI is InChI=1S/C21H25N5/c1-16-14-20(26(4)15-17-8-6-5-7-9-17)24-21(22-16)23-18-10-12-19(13-11-18)25(2)3/h5-14H,15H2,1-4H3,(H,22,23,24). The fraction of sp³-hybridized carbons (Fsp3) is 0.238. The van der Waals surface area contributed by atoms with Crippen LogP contribution in [0.15, 0.2) is 60.7 Å². The Morgan fingerprint density at radius 1 is 0.885 bits per heavy atom. The van der Waals surface area contributed by atoms with Gasteiger partial charge in [0.1, 0.15) is 5.82 Å². The molecule has 0 bridgehead atoms. The van der Waals surface area contributed by atoms with Gasteiger partial charge in [-0.05, 0) is 36.8 Å². The zero-order valence-electron chi connectivity index (χ0n) is 15.8. The van der Waals surface area contributed by atoms with Gasteiger partial charge in [0.25, 0.3) is 0 Å². The van der Waals surface area contributed by atoms with E-state index < -0.39 is 0 Å². The minimum absolute atomic E-state index is 0.609. The molecule has 0 fully saturated rings. The molecule has 2 aromatic carbocycles. The number of benzene rings is 2. The largest absolute Gasteiger partial charge is 0.378 e. The Balaban J connectivity index is 1.76. The molecule has 0 saturated carbocycles. The maximum atomic E-state index is 4.68. The normalized spacial score (nSPS) is 10.5. The Labute approximate surface area is 155 Å². The van der Waals surface area contributed by atoms with Crippen LogP contribution in [0.3, 0.4) is 0 Å². The van der Waals surface area contributed by atoms with Crippen molar-refractivity contribution in [2.24, 2.45) is 0 Å². The van der Waals surface area contributed by atoms with Gasteiger partial charge in [0, 0.05) is 50.8 Å². The predicted molar refractivity (Wildman–Crippen MR) is 109 cm³/mol. The minimum atomic E-state index is 0.609. The third kappa shape index (κ3) is 4.51. The van der Waals surface area contributed by atoms with Crippen molar-refractivity contribution < 1.29 is 0 Å². The van der Waals surface area contributed by atoms with E-state index in [2.05, 4.69) is 61.5 Å². The highest BCUT2D eigenvalue weighted by molar-refractivity contribution is 5.60. The van der Waals surface area contributed by atoms with Crippen molar-refractivity contribution in [2.45, 2.75) is 13.5 Å². The number of anilines is 4. The summed E-state index contributed by atoms with van der Waals surface area (Å²) in [6, 6.07) is 20.6. The quantitative estimate of drug-likeness (QED) is 0.723. The Hall–Kier alpha value is -3.08. The van der Waals surface area contributed by atoms with Crippen LogP contribution >= 0.6 is 0 Å². The molecule has 0 aliphatic rings. The summed E-state index contributed by atoms with van der Waals surface area (Å²) in [4.78, 5) is 13.4. The highest BCUT2D eigenvalue weighted by atomic mass is 15.2. The van der Waals surface area contributed by atoms with Crippen LogP contribution in [-0.2, 0) is 6.54 Å². The molecule has 134 valence electrons. The molecule has 1 N–H and O–H groups in total. The second kappa shape index (κ2) is 7.87. The van der Waals surface area contributed by atoms with Gasteiger partial charge in [0.2, 0.25) is 5.95 Å². The average Bonchev–Trinajstić information content (AvgIpc) is 2.62. The molecule has 0 atom stereocenters. The van der Waals surface area contributed by atoms with E-state index in [4.69, 9.17) is 0 Å². The minimum Gasteiger partial charge on any atom is -0.378 e. The highest BCUT2D eigenvalue weighted by Crippen LogP contribution is 2.21. The number of hydrogen-bond donors (Lipinski definition) is 1. The summed E-state index contributed by atoms with van der Waals surface area (Å²) in [6.07, 6.45) is 0. The van der Waals surface area contributed by atoms with Crippen LogP contribution in [0.4, 0.5) is 23.1 Å². The lowest BCUT2D eigenvalue weighted by Gasteiger charge is -2.19. The van der Waals surface area contributed by atoms with Crippen molar-refractivity contribution in [2.75, 3.05) is 36.3 Å². The molecule has 0 aliphatic heterocycles. The second-order valence-electron chi connectivity index (χ2n) is 6.60. The van der Waals surface area contributed by atoms with E-state index >= 15 is 0 Å². The van der Waals surface area contributed by atoms with Gasteiger partial charge in [0.05, 0.1) is 0 Å². The first kappa shape index (κ1) is 17.7. The van der Waals surface area contributed by atoms with E-state index in [1.165, 1.54) is 5.56 Å². The van der Waals surface area contributed by atoms with Crippen LogP contribution in [-0.4, -0.2) is 31.1 Å². The maximum absolute atomic E-state index is 4.68. The zero-order valence-corrected chi connectivity index (χ0v) is 15.8. The van der Waals surface area contributed by atoms with E-state index in [0.29, 0.717) is 5.95 Å². The van der Waals surface area contributed by atoms with Crippen molar-refractivity contribution in [3.63, 3.8) is 0 Å². The van der Waals surface area contributed by atoms with Gasteiger partial charge in [-0.2, -0.15) is 4.98 Å². The van der Waals surface area contributed by atoms with Crippen LogP contribution in [0.2, 0.25) is 0 Å². The van der Waals surface area contributed by atoms with Crippen molar-refractivity contribution in [3.05, 3.63) is 71.9 Å². The fourth-order valence-corrected chi connectivity index (χ4v) is 2.71. The molecule has 5 nitrogen and oxygen atoms in total. The summed E-state index contributed by atoms with van der Waals surface area (Å²) in [7, 11) is 6.10. The van der Waals surface area contributed by atoms with Gasteiger partial charge in [-0.1, -0.05) is 30.3 Å². The van der Waals surface area contributed by atoms with E-state index in [1.807, 2.05) is 52.3 Å². The summed E-state index contributed by atoms with van der Waals surface area (Å²) in [6.45, 7) is 2.79. The molecule has 5 heteroatoms. The SMILES string of the molecule is Cc1cc(N(C)Cc2ccccc2)nc(Nc2ccc(N(C)C)cc2)n1. The lowest BCUT2D eigenvalue weighted by molar-refractivity contribution is 0.888. The Kier molecular flexibility index (Phi) is 5.37. The Morgan fingerprint density at radius 3 is 2.23 bits per heavy atom. The fourth-order valence-electron chi connectivity index (χ4n) is 2.71. The Bertz CT molecular complexity index is 844. The molecule has 0 saturated heterocycles. The summed E-state index contributed by atoms with van der Waals surface area (Å²) in [5.41, 5.74) is 4.31. The van der Waals surface area contributed by atoms with Gasteiger partial charge >= 0.3 is 0 Å². The van der Waals surface area contributed by atoms with E-state index in [1.54, 1.807) is 0 Å². The van der Waals surface area contributed by atoms with Crippen LogP contribution < -0.4 is 15.1 Å². The van der Waals surface area contributed by atoms with Gasteiger partial charge in [-0.25, -0.2) is 4.98 Å². The number of nitrogens with zero attached hydrogens (tertiary/aromatic N) is 4. The first-order chi connectivity index (χ1) is 12.5. The number of aryl methyl sites for hydroxylation is 1. The molecule has 1 aromatic heterocycles. The molecule has 0 aliphatic carbocycles. The highest BCUT2D eigenvalue weighted by Gasteiger charge is 2.08. The predicted octanol–water partition coefficient (Wildman–Crippen LogP) is 4.23. The molecular weight excluding hydrogens is 322 g/mol. The smallest absolute Gasteiger partial charge is 0.229 e. The molecule has 1 heterocycles. The lowest BCUT2D eigenvalue weighted by atomic mass is 10.2. The summed E-state index contributed by atoms with van der Waals surface area (Å²) in [5.74, 6) is 1.51. The van der Waals surface area contributed by atoms with Gasteiger partial charge in [-0.15, -0.1) is 0 Å². The van der Waals surface area contributed by atoms with E-state index in [0.717, 1.165) is 29.4 Å². The van der Waals surface area contributed by atoms with Crippen LogP contribution in [0.5, 0.6) is 0 Å². The molecule has 0 unspecified atom stereocenters. The first-order valence-corrected chi connectivity index (χ1v) is 8.66.